The molecule has 1 aromatic rings. The molecule has 5 heteroatoms. The van der Waals surface area contributed by atoms with Crippen LogP contribution in [0.5, 0.6) is 0 Å². The number of carbonyl (C=O) groups is 1. The number of rotatable bonds is 3. The van der Waals surface area contributed by atoms with Crippen molar-refractivity contribution in [1.82, 2.24) is 14.9 Å². The summed E-state index contributed by atoms with van der Waals surface area (Å²) in [6.07, 6.45) is 7.80. The highest BCUT2D eigenvalue weighted by Crippen LogP contribution is 2.42. The molecule has 0 saturated heterocycles. The Morgan fingerprint density at radius 2 is 2.32 bits per heavy atom. The van der Waals surface area contributed by atoms with Crippen LogP contribution in [0.25, 0.3) is 0 Å². The lowest BCUT2D eigenvalue weighted by Gasteiger charge is -2.37. The van der Waals surface area contributed by atoms with Crippen molar-refractivity contribution in [2.75, 3.05) is 0 Å². The summed E-state index contributed by atoms with van der Waals surface area (Å²) in [6.45, 7) is 3.05. The second-order valence-corrected chi connectivity index (χ2v) is 5.76. The Balaban J connectivity index is 2.03. The summed E-state index contributed by atoms with van der Waals surface area (Å²) in [5, 5.41) is 12.7. The molecule has 1 spiro atoms. The van der Waals surface area contributed by atoms with Gasteiger partial charge in [0.05, 0.1) is 17.6 Å². The van der Waals surface area contributed by atoms with Crippen LogP contribution in [0.15, 0.2) is 6.33 Å². The SMILES string of the molecule is CCCn1cnc2c1CC(C(=O)O)NC21CCCC1. The van der Waals surface area contributed by atoms with Crippen molar-refractivity contribution < 1.29 is 9.90 Å². The molecule has 19 heavy (non-hydrogen) atoms. The third kappa shape index (κ3) is 1.96. The summed E-state index contributed by atoms with van der Waals surface area (Å²) < 4.78 is 2.15. The number of hydrogen-bond acceptors (Lipinski definition) is 3. The van der Waals surface area contributed by atoms with Crippen molar-refractivity contribution in [3.63, 3.8) is 0 Å². The van der Waals surface area contributed by atoms with E-state index in [1.807, 2.05) is 6.33 Å². The smallest absolute Gasteiger partial charge is 0.321 e. The Morgan fingerprint density at radius 3 is 2.95 bits per heavy atom. The maximum atomic E-state index is 11.4. The Bertz CT molecular complexity index is 489. The topological polar surface area (TPSA) is 67.2 Å². The molecule has 1 saturated carbocycles. The van der Waals surface area contributed by atoms with Gasteiger partial charge in [0, 0.05) is 18.7 Å². The first-order valence-corrected chi connectivity index (χ1v) is 7.21. The lowest BCUT2D eigenvalue weighted by atomic mass is 9.85. The number of aliphatic carboxylic acids is 1. The van der Waals surface area contributed by atoms with Crippen LogP contribution in [0.2, 0.25) is 0 Å². The molecule has 3 rings (SSSR count). The van der Waals surface area contributed by atoms with Crippen molar-refractivity contribution in [3.05, 3.63) is 17.7 Å². The zero-order valence-corrected chi connectivity index (χ0v) is 11.4. The van der Waals surface area contributed by atoms with Crippen LogP contribution in [-0.2, 0) is 23.3 Å². The van der Waals surface area contributed by atoms with E-state index in [2.05, 4.69) is 21.8 Å². The normalized spacial score (nSPS) is 24.6. The molecule has 0 amide bonds. The van der Waals surface area contributed by atoms with Crippen molar-refractivity contribution in [2.24, 2.45) is 0 Å². The number of aromatic nitrogens is 2. The molecule has 2 N–H and O–H groups in total. The van der Waals surface area contributed by atoms with E-state index in [4.69, 9.17) is 0 Å². The number of nitrogens with one attached hydrogen (secondary N) is 1. The standard InChI is InChI=1S/C14H21N3O2/c1-2-7-17-9-15-12-11(17)8-10(13(18)19)16-14(12)5-3-4-6-14/h9-10,16H,2-8H2,1H3,(H,18,19). The summed E-state index contributed by atoms with van der Waals surface area (Å²) in [4.78, 5) is 16.0. The van der Waals surface area contributed by atoms with Crippen LogP contribution >= 0.6 is 0 Å². The van der Waals surface area contributed by atoms with E-state index in [1.54, 1.807) is 0 Å². The number of fused-ring (bicyclic) bond motifs is 2. The van der Waals surface area contributed by atoms with Crippen molar-refractivity contribution in [3.8, 4) is 0 Å². The first-order chi connectivity index (χ1) is 9.16. The summed E-state index contributed by atoms with van der Waals surface area (Å²) in [7, 11) is 0. The maximum Gasteiger partial charge on any atom is 0.321 e. The molecule has 1 aliphatic carbocycles. The predicted molar refractivity (Wildman–Crippen MR) is 70.9 cm³/mol. The monoisotopic (exact) mass is 263 g/mol. The van der Waals surface area contributed by atoms with Crippen molar-refractivity contribution in [2.45, 2.75) is 63.6 Å². The van der Waals surface area contributed by atoms with Gasteiger partial charge in [-0.15, -0.1) is 0 Å². The Labute approximate surface area is 113 Å². The van der Waals surface area contributed by atoms with Crippen LogP contribution in [-0.4, -0.2) is 26.7 Å². The lowest BCUT2D eigenvalue weighted by Crippen LogP contribution is -2.54. The molecule has 0 aromatic carbocycles. The molecular weight excluding hydrogens is 242 g/mol. The second kappa shape index (κ2) is 4.63. The summed E-state index contributed by atoms with van der Waals surface area (Å²) in [6, 6.07) is -0.474. The second-order valence-electron chi connectivity index (χ2n) is 5.76. The minimum absolute atomic E-state index is 0.185. The quantitative estimate of drug-likeness (QED) is 0.870. The van der Waals surface area contributed by atoms with Crippen LogP contribution in [0, 0.1) is 0 Å². The number of hydrogen-bond donors (Lipinski definition) is 2. The Hall–Kier alpha value is -1.36. The number of imidazole rings is 1. The van der Waals surface area contributed by atoms with Crippen molar-refractivity contribution >= 4 is 5.97 Å². The first kappa shape index (κ1) is 12.7. The fourth-order valence-electron chi connectivity index (χ4n) is 3.61. The molecule has 2 heterocycles. The molecule has 0 bridgehead atoms. The van der Waals surface area contributed by atoms with Gasteiger partial charge in [0.15, 0.2) is 0 Å². The molecule has 1 atom stereocenters. The third-order valence-electron chi connectivity index (χ3n) is 4.47. The van der Waals surface area contributed by atoms with Gasteiger partial charge in [0.25, 0.3) is 0 Å². The largest absolute Gasteiger partial charge is 0.480 e. The average molecular weight is 263 g/mol. The highest BCUT2D eigenvalue weighted by molar-refractivity contribution is 5.74. The zero-order chi connectivity index (χ0) is 13.5. The minimum atomic E-state index is -0.749. The average Bonchev–Trinajstić information content (AvgIpc) is 2.99. The van der Waals surface area contributed by atoms with Gasteiger partial charge in [-0.3, -0.25) is 10.1 Å². The minimum Gasteiger partial charge on any atom is -0.480 e. The van der Waals surface area contributed by atoms with E-state index in [0.29, 0.717) is 6.42 Å². The zero-order valence-electron chi connectivity index (χ0n) is 11.4. The van der Waals surface area contributed by atoms with Gasteiger partial charge in [0.2, 0.25) is 0 Å². The van der Waals surface area contributed by atoms with Gasteiger partial charge in [-0.1, -0.05) is 19.8 Å². The van der Waals surface area contributed by atoms with Crippen LogP contribution in [0.1, 0.15) is 50.4 Å². The van der Waals surface area contributed by atoms with Crippen molar-refractivity contribution in [1.29, 1.82) is 0 Å². The van der Waals surface area contributed by atoms with Crippen LogP contribution in [0.4, 0.5) is 0 Å². The molecule has 5 nitrogen and oxygen atoms in total. The third-order valence-corrected chi connectivity index (χ3v) is 4.47. The van der Waals surface area contributed by atoms with Gasteiger partial charge in [-0.05, 0) is 19.3 Å². The molecule has 1 aliphatic heterocycles. The molecule has 1 unspecified atom stereocenters. The molecule has 0 radical (unpaired) electrons. The van der Waals surface area contributed by atoms with Gasteiger partial charge in [-0.2, -0.15) is 0 Å². The number of carboxylic acids is 1. The number of carboxylic acid groups (broad SMARTS) is 1. The summed E-state index contributed by atoms with van der Waals surface area (Å²) in [5.41, 5.74) is 2.06. The summed E-state index contributed by atoms with van der Waals surface area (Å²) in [5.74, 6) is -0.749. The molecular formula is C14H21N3O2. The highest BCUT2D eigenvalue weighted by Gasteiger charge is 2.46. The fourth-order valence-corrected chi connectivity index (χ4v) is 3.61. The first-order valence-electron chi connectivity index (χ1n) is 7.21. The van der Waals surface area contributed by atoms with Gasteiger partial charge in [0.1, 0.15) is 6.04 Å². The fraction of sp³-hybridized carbons (Fsp3) is 0.714. The van der Waals surface area contributed by atoms with E-state index in [-0.39, 0.29) is 5.54 Å². The molecule has 1 aromatic heterocycles. The Morgan fingerprint density at radius 1 is 1.58 bits per heavy atom. The van der Waals surface area contributed by atoms with Gasteiger partial charge in [-0.25, -0.2) is 4.98 Å². The summed E-state index contributed by atoms with van der Waals surface area (Å²) >= 11 is 0. The van der Waals surface area contributed by atoms with E-state index >= 15 is 0 Å². The van der Waals surface area contributed by atoms with Crippen LogP contribution in [0.3, 0.4) is 0 Å². The van der Waals surface area contributed by atoms with E-state index < -0.39 is 12.0 Å². The highest BCUT2D eigenvalue weighted by atomic mass is 16.4. The van der Waals surface area contributed by atoms with E-state index in [0.717, 1.165) is 50.0 Å². The number of nitrogens with zero attached hydrogens (tertiary/aromatic N) is 2. The maximum absolute atomic E-state index is 11.4. The predicted octanol–water partition coefficient (Wildman–Crippen LogP) is 1.66. The van der Waals surface area contributed by atoms with Crippen LogP contribution < -0.4 is 5.32 Å². The lowest BCUT2D eigenvalue weighted by molar-refractivity contribution is -0.140. The van der Waals surface area contributed by atoms with E-state index in [9.17, 15) is 9.90 Å². The molecule has 104 valence electrons. The molecule has 1 fully saturated rings. The number of aryl methyl sites for hydroxylation is 1. The van der Waals surface area contributed by atoms with E-state index in [1.165, 1.54) is 0 Å². The molecule has 2 aliphatic rings. The Kier molecular flexibility index (Phi) is 3.09. The van der Waals surface area contributed by atoms with Gasteiger partial charge < -0.3 is 9.67 Å². The van der Waals surface area contributed by atoms with Gasteiger partial charge >= 0.3 is 5.97 Å².